The zero-order chi connectivity index (χ0) is 21.9. The minimum Gasteiger partial charge on any atom is -0.376 e. The number of para-hydroxylation sites is 1. The molecule has 168 valence electrons. The Morgan fingerprint density at radius 2 is 2.00 bits per heavy atom. The molecule has 1 aromatic carbocycles. The predicted molar refractivity (Wildman–Crippen MR) is 123 cm³/mol. The van der Waals surface area contributed by atoms with Gasteiger partial charge in [0.1, 0.15) is 5.82 Å². The van der Waals surface area contributed by atoms with E-state index in [2.05, 4.69) is 32.7 Å². The van der Waals surface area contributed by atoms with Crippen molar-refractivity contribution >= 4 is 29.0 Å². The Hall–Kier alpha value is -3.13. The minimum absolute atomic E-state index is 0.0272. The lowest BCUT2D eigenvalue weighted by Crippen LogP contribution is -2.45. The maximum absolute atomic E-state index is 13.0. The van der Waals surface area contributed by atoms with Crippen molar-refractivity contribution in [2.75, 3.05) is 47.9 Å². The van der Waals surface area contributed by atoms with Crippen LogP contribution in [0.1, 0.15) is 36.0 Å². The Labute approximate surface area is 187 Å². The van der Waals surface area contributed by atoms with Gasteiger partial charge in [-0.1, -0.05) is 18.2 Å². The van der Waals surface area contributed by atoms with Gasteiger partial charge in [-0.05, 0) is 43.9 Å². The summed E-state index contributed by atoms with van der Waals surface area (Å²) in [6.07, 6.45) is 5.37. The number of carbonyl (C=O) groups excluding carboxylic acids is 2. The van der Waals surface area contributed by atoms with Crippen molar-refractivity contribution in [1.29, 1.82) is 0 Å². The molecule has 5 rings (SSSR count). The molecule has 0 aliphatic carbocycles. The minimum atomic E-state index is -0.145. The number of rotatable bonds is 5. The molecule has 8 heteroatoms. The second-order valence-corrected chi connectivity index (χ2v) is 8.65. The lowest BCUT2D eigenvalue weighted by molar-refractivity contribution is -0.117. The molecule has 8 nitrogen and oxygen atoms in total. The van der Waals surface area contributed by atoms with Crippen LogP contribution in [0.5, 0.6) is 0 Å². The van der Waals surface area contributed by atoms with Gasteiger partial charge in [0.15, 0.2) is 0 Å². The van der Waals surface area contributed by atoms with Crippen LogP contribution in [0.25, 0.3) is 0 Å². The molecule has 1 unspecified atom stereocenters. The van der Waals surface area contributed by atoms with E-state index in [1.165, 1.54) is 5.69 Å². The van der Waals surface area contributed by atoms with Gasteiger partial charge in [0.25, 0.3) is 5.91 Å². The number of piperidine rings is 1. The highest BCUT2D eigenvalue weighted by Crippen LogP contribution is 2.30. The van der Waals surface area contributed by atoms with Crippen LogP contribution in [0.2, 0.25) is 0 Å². The molecule has 1 atom stereocenters. The standard InChI is InChI=1S/C24H29N5O3/c30-22-15-26-23-21(29(22)16-20-7-4-12-32-20)13-17(14-25-23)24(31)27-18-8-10-28(11-9-18)19-5-2-1-3-6-19/h1-3,5-6,13-14,18,20H,4,7-12,15-16H2,(H,25,26)(H,27,31). The molecule has 3 aliphatic rings. The normalized spacial score (nSPS) is 21.2. The van der Waals surface area contributed by atoms with Crippen molar-refractivity contribution in [2.45, 2.75) is 37.8 Å². The molecule has 0 bridgehead atoms. The summed E-state index contributed by atoms with van der Waals surface area (Å²) < 4.78 is 5.72. The highest BCUT2D eigenvalue weighted by molar-refractivity contribution is 6.04. The van der Waals surface area contributed by atoms with Gasteiger partial charge in [0, 0.05) is 37.6 Å². The first-order valence-corrected chi connectivity index (χ1v) is 11.4. The van der Waals surface area contributed by atoms with Crippen molar-refractivity contribution in [3.8, 4) is 0 Å². The number of amides is 2. The topological polar surface area (TPSA) is 86.8 Å². The van der Waals surface area contributed by atoms with Gasteiger partial charge >= 0.3 is 0 Å². The fourth-order valence-electron chi connectivity index (χ4n) is 4.69. The smallest absolute Gasteiger partial charge is 0.253 e. The van der Waals surface area contributed by atoms with E-state index in [1.807, 2.05) is 18.2 Å². The van der Waals surface area contributed by atoms with Gasteiger partial charge in [-0.25, -0.2) is 4.98 Å². The summed E-state index contributed by atoms with van der Waals surface area (Å²) in [6.45, 7) is 3.26. The van der Waals surface area contributed by atoms with Crippen molar-refractivity contribution in [3.63, 3.8) is 0 Å². The molecule has 2 fully saturated rings. The average molecular weight is 436 g/mol. The molecule has 3 aliphatic heterocycles. The SMILES string of the molecule is O=C(NC1CCN(c2ccccc2)CC1)c1cnc2c(c1)N(CC1CCCO1)C(=O)CN2. The Bertz CT molecular complexity index is 969. The van der Waals surface area contributed by atoms with E-state index in [0.29, 0.717) is 23.6 Å². The molecule has 2 aromatic rings. The zero-order valence-electron chi connectivity index (χ0n) is 18.1. The maximum atomic E-state index is 13.0. The number of carbonyl (C=O) groups is 2. The second kappa shape index (κ2) is 9.16. The van der Waals surface area contributed by atoms with Gasteiger partial charge in [-0.3, -0.25) is 9.59 Å². The third-order valence-corrected chi connectivity index (χ3v) is 6.49. The summed E-state index contributed by atoms with van der Waals surface area (Å²) in [4.78, 5) is 34.0. The number of nitrogens with one attached hydrogen (secondary N) is 2. The summed E-state index contributed by atoms with van der Waals surface area (Å²) in [6, 6.07) is 12.3. The highest BCUT2D eigenvalue weighted by atomic mass is 16.5. The first-order valence-electron chi connectivity index (χ1n) is 11.4. The summed E-state index contributed by atoms with van der Waals surface area (Å²) in [5.74, 6) is 0.463. The van der Waals surface area contributed by atoms with Crippen LogP contribution in [-0.4, -0.2) is 61.7 Å². The van der Waals surface area contributed by atoms with E-state index in [1.54, 1.807) is 17.2 Å². The molecule has 4 heterocycles. The Morgan fingerprint density at radius 3 is 2.75 bits per heavy atom. The summed E-state index contributed by atoms with van der Waals surface area (Å²) >= 11 is 0. The lowest BCUT2D eigenvalue weighted by atomic mass is 10.0. The molecule has 0 saturated carbocycles. The largest absolute Gasteiger partial charge is 0.376 e. The van der Waals surface area contributed by atoms with E-state index < -0.39 is 0 Å². The van der Waals surface area contributed by atoms with Crippen molar-refractivity contribution < 1.29 is 14.3 Å². The van der Waals surface area contributed by atoms with Gasteiger partial charge in [-0.2, -0.15) is 0 Å². The van der Waals surface area contributed by atoms with Gasteiger partial charge in [0.2, 0.25) is 5.91 Å². The Morgan fingerprint density at radius 1 is 1.19 bits per heavy atom. The Kier molecular flexibility index (Phi) is 5.94. The molecule has 32 heavy (non-hydrogen) atoms. The first kappa shape index (κ1) is 20.8. The fourth-order valence-corrected chi connectivity index (χ4v) is 4.69. The van der Waals surface area contributed by atoms with Crippen LogP contribution < -0.4 is 20.4 Å². The highest BCUT2D eigenvalue weighted by Gasteiger charge is 2.30. The van der Waals surface area contributed by atoms with Gasteiger partial charge in [-0.15, -0.1) is 0 Å². The van der Waals surface area contributed by atoms with Crippen LogP contribution in [0.4, 0.5) is 17.2 Å². The first-order chi connectivity index (χ1) is 15.7. The third-order valence-electron chi connectivity index (χ3n) is 6.49. The number of hydrogen-bond acceptors (Lipinski definition) is 6. The van der Waals surface area contributed by atoms with Gasteiger partial charge in [0.05, 0.1) is 30.4 Å². The van der Waals surface area contributed by atoms with Crippen LogP contribution in [0, 0.1) is 0 Å². The van der Waals surface area contributed by atoms with E-state index in [4.69, 9.17) is 4.74 Å². The van der Waals surface area contributed by atoms with Crippen molar-refractivity contribution in [3.05, 3.63) is 48.2 Å². The summed E-state index contributed by atoms with van der Waals surface area (Å²) in [5.41, 5.74) is 2.35. The molecular weight excluding hydrogens is 406 g/mol. The number of anilines is 3. The number of hydrogen-bond donors (Lipinski definition) is 2. The monoisotopic (exact) mass is 435 g/mol. The van der Waals surface area contributed by atoms with E-state index in [9.17, 15) is 9.59 Å². The molecular formula is C24H29N5O3. The molecule has 0 radical (unpaired) electrons. The van der Waals surface area contributed by atoms with Crippen LogP contribution in [0.15, 0.2) is 42.6 Å². The fraction of sp³-hybridized carbons (Fsp3) is 0.458. The van der Waals surface area contributed by atoms with Crippen LogP contribution in [-0.2, 0) is 9.53 Å². The number of ether oxygens (including phenoxy) is 1. The number of aromatic nitrogens is 1. The number of benzene rings is 1. The molecule has 0 spiro atoms. The van der Waals surface area contributed by atoms with Crippen molar-refractivity contribution in [1.82, 2.24) is 10.3 Å². The molecule has 1 aromatic heterocycles. The summed E-state index contributed by atoms with van der Waals surface area (Å²) in [5, 5.41) is 6.21. The van der Waals surface area contributed by atoms with Gasteiger partial charge < -0.3 is 25.2 Å². The van der Waals surface area contributed by atoms with Crippen LogP contribution in [0.3, 0.4) is 0 Å². The number of fused-ring (bicyclic) bond motifs is 1. The number of pyridine rings is 1. The second-order valence-electron chi connectivity index (χ2n) is 8.65. The lowest BCUT2D eigenvalue weighted by Gasteiger charge is -2.34. The maximum Gasteiger partial charge on any atom is 0.253 e. The van der Waals surface area contributed by atoms with Crippen LogP contribution >= 0.6 is 0 Å². The Balaban J connectivity index is 1.24. The molecule has 2 amide bonds. The average Bonchev–Trinajstić information content (AvgIpc) is 3.35. The van der Waals surface area contributed by atoms with E-state index >= 15 is 0 Å². The van der Waals surface area contributed by atoms with E-state index in [-0.39, 0.29) is 30.5 Å². The van der Waals surface area contributed by atoms with Crippen molar-refractivity contribution in [2.24, 2.45) is 0 Å². The third kappa shape index (κ3) is 4.41. The zero-order valence-corrected chi connectivity index (χ0v) is 18.1. The molecule has 2 N–H and O–H groups in total. The predicted octanol–water partition coefficient (Wildman–Crippen LogP) is 2.42. The quantitative estimate of drug-likeness (QED) is 0.750. The molecule has 2 saturated heterocycles. The summed E-state index contributed by atoms with van der Waals surface area (Å²) in [7, 11) is 0. The van der Waals surface area contributed by atoms with E-state index in [0.717, 1.165) is 45.4 Å². The number of nitrogens with zero attached hydrogens (tertiary/aromatic N) is 3.